The highest BCUT2D eigenvalue weighted by Crippen LogP contribution is 2.18. The number of nitrogens with one attached hydrogen (secondary N) is 1. The first-order chi connectivity index (χ1) is 12.8. The summed E-state index contributed by atoms with van der Waals surface area (Å²) in [4.78, 5) is 52.6. The highest BCUT2D eigenvalue weighted by Gasteiger charge is 2.27. The molecule has 2 aliphatic rings. The van der Waals surface area contributed by atoms with E-state index in [0.29, 0.717) is 25.9 Å². The molecule has 0 aromatic carbocycles. The summed E-state index contributed by atoms with van der Waals surface area (Å²) in [5.74, 6) is -2.17. The van der Waals surface area contributed by atoms with E-state index >= 15 is 0 Å². The second kappa shape index (κ2) is 10.2. The van der Waals surface area contributed by atoms with E-state index in [0.717, 1.165) is 31.1 Å². The maximum atomic E-state index is 12.5. The van der Waals surface area contributed by atoms with Crippen molar-refractivity contribution in [3.63, 3.8) is 0 Å². The minimum Gasteiger partial charge on any atom is -0.480 e. The Morgan fingerprint density at radius 1 is 1.19 bits per heavy atom. The van der Waals surface area contributed by atoms with Gasteiger partial charge in [0.15, 0.2) is 5.78 Å². The molecule has 150 valence electrons. The largest absolute Gasteiger partial charge is 0.480 e. The SMILES string of the molecule is CN1CCN(CC(=O)NCCC2CCC(=O)/C=C\N(CC(=O)O)C2=O)CC1. The van der Waals surface area contributed by atoms with Crippen molar-refractivity contribution < 1.29 is 24.3 Å². The lowest BCUT2D eigenvalue weighted by molar-refractivity contribution is -0.144. The summed E-state index contributed by atoms with van der Waals surface area (Å²) in [6.07, 6.45) is 3.46. The summed E-state index contributed by atoms with van der Waals surface area (Å²) in [6, 6.07) is 0. The lowest BCUT2D eigenvalue weighted by Crippen LogP contribution is -2.48. The van der Waals surface area contributed by atoms with Crippen molar-refractivity contribution in [2.24, 2.45) is 5.92 Å². The van der Waals surface area contributed by atoms with Crippen LogP contribution in [0.15, 0.2) is 12.3 Å². The number of carbonyl (C=O) groups is 4. The molecule has 0 aliphatic carbocycles. The molecule has 9 heteroatoms. The monoisotopic (exact) mass is 380 g/mol. The molecule has 9 nitrogen and oxygen atoms in total. The predicted molar refractivity (Wildman–Crippen MR) is 97.8 cm³/mol. The average Bonchev–Trinajstić information content (AvgIpc) is 2.61. The topological polar surface area (TPSA) is 110 Å². The summed E-state index contributed by atoms with van der Waals surface area (Å²) < 4.78 is 0. The number of hydrogen-bond acceptors (Lipinski definition) is 6. The zero-order chi connectivity index (χ0) is 19.8. The smallest absolute Gasteiger partial charge is 0.323 e. The standard InChI is InChI=1S/C18H28N4O5/c1-20-8-10-21(11-9-20)12-16(24)19-6-4-14-2-3-15(23)5-7-22(18(14)27)13-17(25)26/h5,7,14H,2-4,6,8-13H2,1H3,(H,19,24)(H,25,26)/b7-5-. The molecule has 0 spiro atoms. The van der Waals surface area contributed by atoms with Crippen molar-refractivity contribution in [1.29, 1.82) is 0 Å². The first-order valence-corrected chi connectivity index (χ1v) is 9.26. The van der Waals surface area contributed by atoms with Crippen LogP contribution in [0, 0.1) is 5.92 Å². The lowest BCUT2D eigenvalue weighted by atomic mass is 9.95. The third kappa shape index (κ3) is 7.10. The number of piperazine rings is 1. The normalized spacial score (nSPS) is 23.6. The molecule has 2 heterocycles. The second-order valence-corrected chi connectivity index (χ2v) is 7.10. The number of nitrogens with zero attached hydrogens (tertiary/aromatic N) is 3. The molecule has 2 rings (SSSR count). The number of hydrogen-bond donors (Lipinski definition) is 2. The molecule has 0 radical (unpaired) electrons. The lowest BCUT2D eigenvalue weighted by Gasteiger charge is -2.31. The predicted octanol–water partition coefficient (Wildman–Crippen LogP) is -0.854. The van der Waals surface area contributed by atoms with Crippen LogP contribution < -0.4 is 5.32 Å². The minimum absolute atomic E-state index is 0.0868. The Bertz CT molecular complexity index is 599. The Morgan fingerprint density at radius 2 is 1.89 bits per heavy atom. The van der Waals surface area contributed by atoms with Gasteiger partial charge in [0.2, 0.25) is 11.8 Å². The molecule has 2 aliphatic heterocycles. The number of likely N-dealkylation sites (N-methyl/N-ethyl adjacent to an activating group) is 1. The van der Waals surface area contributed by atoms with Crippen molar-refractivity contribution in [3.8, 4) is 0 Å². The van der Waals surface area contributed by atoms with Crippen molar-refractivity contribution in [1.82, 2.24) is 20.0 Å². The molecule has 2 amide bonds. The van der Waals surface area contributed by atoms with E-state index in [9.17, 15) is 19.2 Å². The molecule has 0 saturated carbocycles. The molecular weight excluding hydrogens is 352 g/mol. The summed E-state index contributed by atoms with van der Waals surface area (Å²) in [5, 5.41) is 11.8. The van der Waals surface area contributed by atoms with Gasteiger partial charge in [-0.2, -0.15) is 0 Å². The van der Waals surface area contributed by atoms with Gasteiger partial charge in [-0.1, -0.05) is 0 Å². The van der Waals surface area contributed by atoms with Gasteiger partial charge in [-0.05, 0) is 26.0 Å². The Balaban J connectivity index is 1.81. The van der Waals surface area contributed by atoms with Crippen molar-refractivity contribution in [2.45, 2.75) is 19.3 Å². The van der Waals surface area contributed by atoms with Crippen LogP contribution in [0.5, 0.6) is 0 Å². The van der Waals surface area contributed by atoms with E-state index in [1.165, 1.54) is 12.3 Å². The van der Waals surface area contributed by atoms with Gasteiger partial charge in [0, 0.05) is 51.3 Å². The minimum atomic E-state index is -1.14. The quantitative estimate of drug-likeness (QED) is 0.592. The van der Waals surface area contributed by atoms with Gasteiger partial charge in [-0.3, -0.25) is 24.1 Å². The van der Waals surface area contributed by atoms with E-state index < -0.39 is 18.4 Å². The Labute approximate surface area is 159 Å². The number of amides is 2. The van der Waals surface area contributed by atoms with Gasteiger partial charge in [0.1, 0.15) is 6.54 Å². The summed E-state index contributed by atoms with van der Waals surface area (Å²) in [7, 11) is 2.05. The average molecular weight is 380 g/mol. The van der Waals surface area contributed by atoms with Crippen molar-refractivity contribution in [3.05, 3.63) is 12.3 Å². The molecule has 0 bridgehead atoms. The summed E-state index contributed by atoms with van der Waals surface area (Å²) in [6.45, 7) is 3.75. The molecule has 0 aromatic rings. The van der Waals surface area contributed by atoms with Crippen molar-refractivity contribution >= 4 is 23.6 Å². The zero-order valence-electron chi connectivity index (χ0n) is 15.7. The number of aliphatic carboxylic acids is 1. The van der Waals surface area contributed by atoms with Gasteiger partial charge < -0.3 is 20.2 Å². The molecular formula is C18H28N4O5. The number of carbonyl (C=O) groups excluding carboxylic acids is 3. The van der Waals surface area contributed by atoms with Gasteiger partial charge in [0.05, 0.1) is 6.54 Å². The fourth-order valence-electron chi connectivity index (χ4n) is 3.20. The molecule has 0 aromatic heterocycles. The number of rotatable bonds is 7. The van der Waals surface area contributed by atoms with Crippen LogP contribution in [0.25, 0.3) is 0 Å². The highest BCUT2D eigenvalue weighted by molar-refractivity contribution is 5.92. The van der Waals surface area contributed by atoms with Crippen LogP contribution in [0.2, 0.25) is 0 Å². The molecule has 2 N–H and O–H groups in total. The van der Waals surface area contributed by atoms with Crippen LogP contribution in [-0.4, -0.2) is 96.2 Å². The summed E-state index contributed by atoms with van der Waals surface area (Å²) in [5.41, 5.74) is 0. The van der Waals surface area contributed by atoms with Gasteiger partial charge >= 0.3 is 5.97 Å². The zero-order valence-corrected chi connectivity index (χ0v) is 15.7. The fourth-order valence-corrected chi connectivity index (χ4v) is 3.20. The second-order valence-electron chi connectivity index (χ2n) is 7.10. The van der Waals surface area contributed by atoms with E-state index in [1.807, 2.05) is 0 Å². The van der Waals surface area contributed by atoms with Crippen LogP contribution in [0.1, 0.15) is 19.3 Å². The third-order valence-electron chi connectivity index (χ3n) is 4.90. The van der Waals surface area contributed by atoms with E-state index in [-0.39, 0.29) is 24.0 Å². The number of ketones is 1. The first kappa shape index (κ1) is 21.0. The highest BCUT2D eigenvalue weighted by atomic mass is 16.4. The Hall–Kier alpha value is -2.26. The van der Waals surface area contributed by atoms with Crippen LogP contribution in [0.3, 0.4) is 0 Å². The van der Waals surface area contributed by atoms with E-state index in [2.05, 4.69) is 22.2 Å². The number of allylic oxidation sites excluding steroid dienone is 1. The molecule has 1 fully saturated rings. The van der Waals surface area contributed by atoms with Crippen LogP contribution in [0.4, 0.5) is 0 Å². The maximum Gasteiger partial charge on any atom is 0.323 e. The molecule has 1 saturated heterocycles. The van der Waals surface area contributed by atoms with Crippen LogP contribution in [-0.2, 0) is 19.2 Å². The van der Waals surface area contributed by atoms with Crippen molar-refractivity contribution in [2.75, 3.05) is 52.9 Å². The summed E-state index contributed by atoms with van der Waals surface area (Å²) >= 11 is 0. The maximum absolute atomic E-state index is 12.5. The first-order valence-electron chi connectivity index (χ1n) is 9.26. The Morgan fingerprint density at radius 3 is 2.56 bits per heavy atom. The Kier molecular flexibility index (Phi) is 7.93. The van der Waals surface area contributed by atoms with E-state index in [1.54, 1.807) is 0 Å². The number of carboxylic acids is 1. The van der Waals surface area contributed by atoms with E-state index in [4.69, 9.17) is 5.11 Å². The molecule has 27 heavy (non-hydrogen) atoms. The molecule has 1 unspecified atom stereocenters. The molecule has 1 atom stereocenters. The van der Waals surface area contributed by atoms with Gasteiger partial charge in [-0.25, -0.2) is 0 Å². The fraction of sp³-hybridized carbons (Fsp3) is 0.667. The van der Waals surface area contributed by atoms with Crippen LogP contribution >= 0.6 is 0 Å². The number of carboxylic acid groups (broad SMARTS) is 1. The third-order valence-corrected chi connectivity index (χ3v) is 4.90. The van der Waals surface area contributed by atoms with Gasteiger partial charge in [0.25, 0.3) is 0 Å². The van der Waals surface area contributed by atoms with Gasteiger partial charge in [-0.15, -0.1) is 0 Å².